The van der Waals surface area contributed by atoms with Gasteiger partial charge in [0.1, 0.15) is 17.5 Å². The van der Waals surface area contributed by atoms with E-state index in [0.29, 0.717) is 5.11 Å². The number of H-pyrrole nitrogens is 1. The second kappa shape index (κ2) is 8.24. The number of nitrogens with zero attached hydrogens (tertiary/aromatic N) is 2. The zero-order chi connectivity index (χ0) is 21.2. The summed E-state index contributed by atoms with van der Waals surface area (Å²) in [5.74, 6) is 1.60. The second-order valence-corrected chi connectivity index (χ2v) is 7.92. The van der Waals surface area contributed by atoms with Crippen LogP contribution in [0.5, 0.6) is 11.5 Å². The molecular formula is C25H22N4OS. The largest absolute Gasteiger partial charge is 0.457 e. The van der Waals surface area contributed by atoms with E-state index < -0.39 is 0 Å². The minimum Gasteiger partial charge on any atom is -0.457 e. The molecule has 0 saturated carbocycles. The predicted molar refractivity (Wildman–Crippen MR) is 126 cm³/mol. The normalized spacial score (nSPS) is 18.1. The molecule has 2 aromatic carbocycles. The fourth-order valence-electron chi connectivity index (χ4n) is 3.89. The lowest BCUT2D eigenvalue weighted by molar-refractivity contribution is 0.482. The number of aromatic amines is 1. The van der Waals surface area contributed by atoms with E-state index in [1.54, 1.807) is 0 Å². The van der Waals surface area contributed by atoms with E-state index in [1.165, 1.54) is 5.56 Å². The zero-order valence-corrected chi connectivity index (χ0v) is 17.8. The number of thiocarbonyl (C=S) groups is 1. The molecular weight excluding hydrogens is 404 g/mol. The van der Waals surface area contributed by atoms with E-state index in [2.05, 4.69) is 33.2 Å². The number of ether oxygens (including phenoxy) is 1. The summed E-state index contributed by atoms with van der Waals surface area (Å²) in [7, 11) is 0. The van der Waals surface area contributed by atoms with E-state index in [0.717, 1.165) is 28.6 Å². The maximum atomic E-state index is 5.98. The van der Waals surface area contributed by atoms with Crippen molar-refractivity contribution < 1.29 is 4.74 Å². The molecule has 2 N–H and O–H groups in total. The maximum Gasteiger partial charge on any atom is 0.174 e. The molecule has 0 unspecified atom stereocenters. The first kappa shape index (κ1) is 19.3. The fourth-order valence-corrected chi connectivity index (χ4v) is 4.24. The highest BCUT2D eigenvalue weighted by molar-refractivity contribution is 7.80. The average Bonchev–Trinajstić information content (AvgIpc) is 3.44. The first-order chi connectivity index (χ1) is 15.2. The van der Waals surface area contributed by atoms with Crippen molar-refractivity contribution in [2.75, 3.05) is 4.90 Å². The number of anilines is 1. The molecule has 0 bridgehead atoms. The van der Waals surface area contributed by atoms with Gasteiger partial charge < -0.3 is 19.9 Å². The number of aromatic nitrogens is 2. The summed E-state index contributed by atoms with van der Waals surface area (Å²) in [6, 6.07) is 26.0. The summed E-state index contributed by atoms with van der Waals surface area (Å²) in [6.45, 7) is 2.06. The van der Waals surface area contributed by atoms with Gasteiger partial charge in [-0.2, -0.15) is 0 Å². The number of nitrogens with one attached hydrogen (secondary N) is 2. The van der Waals surface area contributed by atoms with E-state index in [1.807, 2.05) is 85.2 Å². The molecule has 154 valence electrons. The van der Waals surface area contributed by atoms with E-state index in [-0.39, 0.29) is 12.1 Å². The molecule has 31 heavy (non-hydrogen) atoms. The molecule has 1 saturated heterocycles. The summed E-state index contributed by atoms with van der Waals surface area (Å²) >= 11 is 5.74. The number of pyridine rings is 1. The maximum absolute atomic E-state index is 5.98. The third-order valence-electron chi connectivity index (χ3n) is 5.41. The Kier molecular flexibility index (Phi) is 5.14. The van der Waals surface area contributed by atoms with Gasteiger partial charge in [0.2, 0.25) is 0 Å². The smallest absolute Gasteiger partial charge is 0.174 e. The molecule has 0 spiro atoms. The molecule has 6 heteroatoms. The molecule has 1 fully saturated rings. The summed E-state index contributed by atoms with van der Waals surface area (Å²) < 4.78 is 5.98. The van der Waals surface area contributed by atoms with Crippen LogP contribution in [0.2, 0.25) is 0 Å². The quantitative estimate of drug-likeness (QED) is 0.402. The monoisotopic (exact) mass is 426 g/mol. The van der Waals surface area contributed by atoms with Crippen molar-refractivity contribution in [1.82, 2.24) is 15.3 Å². The Morgan fingerprint density at radius 2 is 1.65 bits per heavy atom. The Morgan fingerprint density at radius 1 is 0.903 bits per heavy atom. The first-order valence-corrected chi connectivity index (χ1v) is 10.6. The van der Waals surface area contributed by atoms with Crippen LogP contribution in [-0.4, -0.2) is 15.1 Å². The van der Waals surface area contributed by atoms with Crippen LogP contribution in [0.15, 0.2) is 91.3 Å². The Hall–Kier alpha value is -3.64. The van der Waals surface area contributed by atoms with Crippen molar-refractivity contribution in [3.05, 3.63) is 108 Å². The molecule has 0 radical (unpaired) electrons. The average molecular weight is 427 g/mol. The van der Waals surface area contributed by atoms with Gasteiger partial charge >= 0.3 is 0 Å². The molecule has 5 nitrogen and oxygen atoms in total. The summed E-state index contributed by atoms with van der Waals surface area (Å²) in [5.41, 5.74) is 4.22. The minimum absolute atomic E-state index is 0.0405. The highest BCUT2D eigenvalue weighted by Crippen LogP contribution is 2.41. The summed E-state index contributed by atoms with van der Waals surface area (Å²) in [4.78, 5) is 10.1. The molecule has 1 aliphatic rings. The fraction of sp³-hybridized carbons (Fsp3) is 0.120. The molecule has 4 aromatic rings. The summed E-state index contributed by atoms with van der Waals surface area (Å²) in [6.07, 6.45) is 3.74. The van der Waals surface area contributed by atoms with Gasteiger partial charge in [0, 0.05) is 23.8 Å². The third kappa shape index (κ3) is 3.90. The van der Waals surface area contributed by atoms with Crippen LogP contribution in [0.4, 0.5) is 5.69 Å². The van der Waals surface area contributed by atoms with Crippen LogP contribution in [0.3, 0.4) is 0 Å². The molecule has 0 amide bonds. The minimum atomic E-state index is -0.0594. The number of rotatable bonds is 5. The molecule has 5 rings (SSSR count). The van der Waals surface area contributed by atoms with E-state index in [4.69, 9.17) is 17.0 Å². The lowest BCUT2D eigenvalue weighted by Crippen LogP contribution is -2.29. The number of aryl methyl sites for hydroxylation is 1. The van der Waals surface area contributed by atoms with Crippen LogP contribution in [0.25, 0.3) is 0 Å². The van der Waals surface area contributed by atoms with Gasteiger partial charge in [-0.15, -0.1) is 0 Å². The van der Waals surface area contributed by atoms with Crippen LogP contribution < -0.4 is 15.0 Å². The van der Waals surface area contributed by atoms with Gasteiger partial charge in [-0.25, -0.2) is 0 Å². The van der Waals surface area contributed by atoms with Gasteiger partial charge in [-0.05, 0) is 79.8 Å². The summed E-state index contributed by atoms with van der Waals surface area (Å²) in [5, 5.41) is 4.13. The van der Waals surface area contributed by atoms with Crippen molar-refractivity contribution in [1.29, 1.82) is 0 Å². The van der Waals surface area contributed by atoms with Crippen LogP contribution >= 0.6 is 12.2 Å². The topological polar surface area (TPSA) is 53.2 Å². The second-order valence-electron chi connectivity index (χ2n) is 7.53. The Morgan fingerprint density at radius 3 is 2.29 bits per heavy atom. The van der Waals surface area contributed by atoms with Crippen LogP contribution in [0, 0.1) is 6.92 Å². The van der Waals surface area contributed by atoms with Gasteiger partial charge in [0.15, 0.2) is 5.11 Å². The van der Waals surface area contributed by atoms with Crippen molar-refractivity contribution >= 4 is 23.0 Å². The van der Waals surface area contributed by atoms with Crippen molar-refractivity contribution in [3.63, 3.8) is 0 Å². The molecule has 0 aliphatic carbocycles. The van der Waals surface area contributed by atoms with Crippen molar-refractivity contribution in [2.24, 2.45) is 0 Å². The SMILES string of the molecule is Cc1ccc(Oc2ccc(N3C(=S)N[C@@H](c4ccccn4)[C@@H]3c3ccc[nH]3)cc2)cc1. The lowest BCUT2D eigenvalue weighted by Gasteiger charge is -2.27. The highest BCUT2D eigenvalue weighted by Gasteiger charge is 2.41. The Bertz CT molecular complexity index is 1160. The number of benzene rings is 2. The van der Waals surface area contributed by atoms with E-state index >= 15 is 0 Å². The highest BCUT2D eigenvalue weighted by atomic mass is 32.1. The van der Waals surface area contributed by atoms with Crippen LogP contribution in [0.1, 0.15) is 29.0 Å². The third-order valence-corrected chi connectivity index (χ3v) is 5.72. The van der Waals surface area contributed by atoms with Gasteiger partial charge in [0.25, 0.3) is 0 Å². The van der Waals surface area contributed by atoms with Crippen LogP contribution in [-0.2, 0) is 0 Å². The molecule has 1 aliphatic heterocycles. The standard InChI is InChI=1S/C25H22N4OS/c1-17-7-11-19(12-8-17)30-20-13-9-18(10-14-20)29-24(22-6-4-16-27-22)23(28-25(29)31)21-5-2-3-15-26-21/h2-16,23-24,27H,1H3,(H,28,31)/t23-,24-/m0/s1. The van der Waals surface area contributed by atoms with E-state index in [9.17, 15) is 0 Å². The van der Waals surface area contributed by atoms with Gasteiger partial charge in [-0.3, -0.25) is 4.98 Å². The van der Waals surface area contributed by atoms with Crippen molar-refractivity contribution in [2.45, 2.75) is 19.0 Å². The predicted octanol–water partition coefficient (Wildman–Crippen LogP) is 5.69. The lowest BCUT2D eigenvalue weighted by atomic mass is 10.0. The molecule has 3 heterocycles. The Labute approximate surface area is 186 Å². The van der Waals surface area contributed by atoms with Gasteiger partial charge in [0.05, 0.1) is 11.7 Å². The van der Waals surface area contributed by atoms with Gasteiger partial charge in [-0.1, -0.05) is 23.8 Å². The Balaban J connectivity index is 1.45. The zero-order valence-electron chi connectivity index (χ0n) is 17.0. The number of hydrogen-bond acceptors (Lipinski definition) is 3. The molecule has 2 aromatic heterocycles. The molecule has 2 atom stereocenters. The first-order valence-electron chi connectivity index (χ1n) is 10.2. The van der Waals surface area contributed by atoms with Crippen molar-refractivity contribution in [3.8, 4) is 11.5 Å². The number of hydrogen-bond donors (Lipinski definition) is 2.